The first kappa shape index (κ1) is 15.2. The standard InChI is InChI=1S/C10H12BrN3O5/c1-2-13(10(15)16)3-4-19-9-8(14(17)18)5-7(11)6-12-9/h5-6H,2-4H2,1H3,(H,15,16). The van der Waals surface area contributed by atoms with E-state index >= 15 is 0 Å². The SMILES string of the molecule is CCN(CCOc1ncc(Br)cc1[N+](=O)[O-])C(=O)O. The fourth-order valence-electron chi connectivity index (χ4n) is 1.30. The summed E-state index contributed by atoms with van der Waals surface area (Å²) in [6.45, 7) is 2.11. The average molecular weight is 334 g/mol. The van der Waals surface area contributed by atoms with Crippen LogP contribution in [0.4, 0.5) is 10.5 Å². The molecule has 1 rings (SSSR count). The minimum atomic E-state index is -1.07. The van der Waals surface area contributed by atoms with Gasteiger partial charge in [-0.25, -0.2) is 9.78 Å². The summed E-state index contributed by atoms with van der Waals surface area (Å²) in [6.07, 6.45) is 0.307. The molecule has 1 aromatic rings. The molecule has 0 aromatic carbocycles. The van der Waals surface area contributed by atoms with Crippen LogP contribution in [0.25, 0.3) is 0 Å². The van der Waals surface area contributed by atoms with Crippen molar-refractivity contribution in [3.8, 4) is 5.88 Å². The first-order chi connectivity index (χ1) is 8.95. The zero-order chi connectivity index (χ0) is 14.4. The normalized spacial score (nSPS) is 10.0. The van der Waals surface area contributed by atoms with Gasteiger partial charge in [-0.2, -0.15) is 0 Å². The number of rotatable bonds is 6. The number of halogens is 1. The van der Waals surface area contributed by atoms with E-state index in [-0.39, 0.29) is 24.7 Å². The second-order valence-corrected chi connectivity index (χ2v) is 4.36. The average Bonchev–Trinajstić information content (AvgIpc) is 2.35. The lowest BCUT2D eigenvalue weighted by molar-refractivity contribution is -0.386. The molecule has 0 fully saturated rings. The molecule has 0 saturated carbocycles. The van der Waals surface area contributed by atoms with Crippen LogP contribution in [0.5, 0.6) is 5.88 Å². The maximum absolute atomic E-state index is 10.8. The highest BCUT2D eigenvalue weighted by molar-refractivity contribution is 9.10. The molecule has 19 heavy (non-hydrogen) atoms. The van der Waals surface area contributed by atoms with Gasteiger partial charge in [0.05, 0.1) is 11.5 Å². The molecule has 0 spiro atoms. The Morgan fingerprint density at radius 3 is 2.89 bits per heavy atom. The molecule has 0 aliphatic carbocycles. The summed E-state index contributed by atoms with van der Waals surface area (Å²) in [5.74, 6) is -0.130. The Kier molecular flexibility index (Phi) is 5.49. The maximum Gasteiger partial charge on any atom is 0.407 e. The number of nitrogens with zero attached hydrogens (tertiary/aromatic N) is 3. The number of amides is 1. The summed E-state index contributed by atoms with van der Waals surface area (Å²) in [7, 11) is 0. The van der Waals surface area contributed by atoms with Crippen LogP contribution >= 0.6 is 15.9 Å². The van der Waals surface area contributed by atoms with Crippen molar-refractivity contribution < 1.29 is 19.6 Å². The summed E-state index contributed by atoms with van der Waals surface area (Å²) in [5.41, 5.74) is -0.271. The molecule has 1 heterocycles. The Labute approximate surface area is 117 Å². The molecular weight excluding hydrogens is 322 g/mol. The number of aromatic nitrogens is 1. The van der Waals surface area contributed by atoms with Gasteiger partial charge in [-0.3, -0.25) is 10.1 Å². The van der Waals surface area contributed by atoms with Crippen LogP contribution < -0.4 is 4.74 Å². The first-order valence-electron chi connectivity index (χ1n) is 5.36. The van der Waals surface area contributed by atoms with E-state index in [1.165, 1.54) is 12.3 Å². The molecule has 1 N–H and O–H groups in total. The molecule has 0 saturated heterocycles. The minimum Gasteiger partial charge on any atom is -0.471 e. The third-order valence-corrected chi connectivity index (χ3v) is 2.68. The Hall–Kier alpha value is -1.90. The molecule has 0 unspecified atom stereocenters. The highest BCUT2D eigenvalue weighted by Gasteiger charge is 2.18. The van der Waals surface area contributed by atoms with Gasteiger partial charge in [0, 0.05) is 23.3 Å². The molecule has 1 aromatic heterocycles. The number of ether oxygens (including phenoxy) is 1. The summed E-state index contributed by atoms with van der Waals surface area (Å²) >= 11 is 3.08. The van der Waals surface area contributed by atoms with Crippen molar-refractivity contribution >= 4 is 27.7 Å². The lowest BCUT2D eigenvalue weighted by Gasteiger charge is -2.16. The van der Waals surface area contributed by atoms with Crippen LogP contribution in [0.15, 0.2) is 16.7 Å². The van der Waals surface area contributed by atoms with Gasteiger partial charge in [-0.15, -0.1) is 0 Å². The smallest absolute Gasteiger partial charge is 0.407 e. The number of hydrogen-bond acceptors (Lipinski definition) is 5. The minimum absolute atomic E-state index is 0.00435. The summed E-state index contributed by atoms with van der Waals surface area (Å²) in [6, 6.07) is 1.27. The van der Waals surface area contributed by atoms with Crippen LogP contribution in [0.2, 0.25) is 0 Å². The molecule has 0 aliphatic heterocycles. The van der Waals surface area contributed by atoms with Gasteiger partial charge in [-0.05, 0) is 22.9 Å². The van der Waals surface area contributed by atoms with Crippen LogP contribution in [0.3, 0.4) is 0 Å². The van der Waals surface area contributed by atoms with Gasteiger partial charge in [0.1, 0.15) is 6.61 Å². The summed E-state index contributed by atoms with van der Waals surface area (Å²) < 4.78 is 5.62. The van der Waals surface area contributed by atoms with Gasteiger partial charge in [0.25, 0.3) is 5.88 Å². The topological polar surface area (TPSA) is 106 Å². The van der Waals surface area contributed by atoms with Crippen molar-refractivity contribution in [1.82, 2.24) is 9.88 Å². The maximum atomic E-state index is 10.8. The number of hydrogen-bond donors (Lipinski definition) is 1. The van der Waals surface area contributed by atoms with E-state index in [1.54, 1.807) is 6.92 Å². The van der Waals surface area contributed by atoms with E-state index < -0.39 is 11.0 Å². The second-order valence-electron chi connectivity index (χ2n) is 3.45. The van der Waals surface area contributed by atoms with Crippen LogP contribution in [0.1, 0.15) is 6.92 Å². The fraction of sp³-hybridized carbons (Fsp3) is 0.400. The Balaban J connectivity index is 2.68. The molecular formula is C10H12BrN3O5. The van der Waals surface area contributed by atoms with Gasteiger partial charge in [-0.1, -0.05) is 0 Å². The van der Waals surface area contributed by atoms with E-state index in [0.717, 1.165) is 4.90 Å². The van der Waals surface area contributed by atoms with Gasteiger partial charge >= 0.3 is 11.8 Å². The van der Waals surface area contributed by atoms with Gasteiger partial charge in [0.2, 0.25) is 0 Å². The lowest BCUT2D eigenvalue weighted by Crippen LogP contribution is -2.33. The van der Waals surface area contributed by atoms with Crippen LogP contribution in [-0.4, -0.2) is 45.7 Å². The Morgan fingerprint density at radius 2 is 2.37 bits per heavy atom. The van der Waals surface area contributed by atoms with E-state index in [1.807, 2.05) is 0 Å². The quantitative estimate of drug-likeness (QED) is 0.631. The predicted molar refractivity (Wildman–Crippen MR) is 69.4 cm³/mol. The van der Waals surface area contributed by atoms with Crippen molar-refractivity contribution in [2.75, 3.05) is 19.7 Å². The van der Waals surface area contributed by atoms with Crippen molar-refractivity contribution in [3.05, 3.63) is 26.9 Å². The zero-order valence-electron chi connectivity index (χ0n) is 10.1. The van der Waals surface area contributed by atoms with E-state index in [2.05, 4.69) is 20.9 Å². The largest absolute Gasteiger partial charge is 0.471 e. The molecule has 0 aliphatic rings. The number of nitro groups is 1. The highest BCUT2D eigenvalue weighted by Crippen LogP contribution is 2.27. The first-order valence-corrected chi connectivity index (χ1v) is 6.15. The molecule has 104 valence electrons. The molecule has 0 bridgehead atoms. The Bertz CT molecular complexity index is 482. The second kappa shape index (κ2) is 6.88. The summed E-state index contributed by atoms with van der Waals surface area (Å²) in [4.78, 5) is 25.8. The number of carboxylic acid groups (broad SMARTS) is 1. The third kappa shape index (κ3) is 4.36. The third-order valence-electron chi connectivity index (χ3n) is 2.25. The molecule has 1 amide bonds. The fourth-order valence-corrected chi connectivity index (χ4v) is 1.62. The summed E-state index contributed by atoms with van der Waals surface area (Å²) in [5, 5.41) is 19.6. The number of carbonyl (C=O) groups is 1. The number of likely N-dealkylation sites (N-methyl/N-ethyl adjacent to an activating group) is 1. The molecule has 8 nitrogen and oxygen atoms in total. The van der Waals surface area contributed by atoms with Gasteiger partial charge < -0.3 is 14.7 Å². The molecule has 0 radical (unpaired) electrons. The van der Waals surface area contributed by atoms with Gasteiger partial charge in [0.15, 0.2) is 0 Å². The zero-order valence-corrected chi connectivity index (χ0v) is 11.7. The number of pyridine rings is 1. The van der Waals surface area contributed by atoms with Crippen molar-refractivity contribution in [2.24, 2.45) is 0 Å². The monoisotopic (exact) mass is 333 g/mol. The van der Waals surface area contributed by atoms with Crippen LogP contribution in [0, 0.1) is 10.1 Å². The molecule has 0 atom stereocenters. The predicted octanol–water partition coefficient (Wildman–Crippen LogP) is 2.13. The Morgan fingerprint density at radius 1 is 1.68 bits per heavy atom. The van der Waals surface area contributed by atoms with E-state index in [4.69, 9.17) is 9.84 Å². The molecule has 9 heteroatoms. The van der Waals surface area contributed by atoms with Crippen molar-refractivity contribution in [1.29, 1.82) is 0 Å². The lowest BCUT2D eigenvalue weighted by atomic mass is 10.4. The van der Waals surface area contributed by atoms with Crippen molar-refractivity contribution in [3.63, 3.8) is 0 Å². The highest BCUT2D eigenvalue weighted by atomic mass is 79.9. The van der Waals surface area contributed by atoms with Crippen molar-refractivity contribution in [2.45, 2.75) is 6.92 Å². The van der Waals surface area contributed by atoms with Crippen LogP contribution in [-0.2, 0) is 0 Å². The van der Waals surface area contributed by atoms with E-state index in [0.29, 0.717) is 11.0 Å². The van der Waals surface area contributed by atoms with E-state index in [9.17, 15) is 14.9 Å².